The Bertz CT molecular complexity index is 921. The van der Waals surface area contributed by atoms with Crippen molar-refractivity contribution >= 4 is 16.8 Å². The Hall–Kier alpha value is -1.89. The number of hydrogen-bond donors (Lipinski definition) is 1. The number of benzene rings is 1. The van der Waals surface area contributed by atoms with Crippen LogP contribution in [0.2, 0.25) is 0 Å². The normalized spacial score (nSPS) is 29.6. The lowest BCUT2D eigenvalue weighted by Gasteiger charge is -2.50. The molecule has 2 aromatic rings. The minimum absolute atomic E-state index is 0.113. The van der Waals surface area contributed by atoms with E-state index in [2.05, 4.69) is 33.0 Å². The first-order valence-electron chi connectivity index (χ1n) is 11.1. The van der Waals surface area contributed by atoms with Crippen molar-refractivity contribution in [3.8, 4) is 0 Å². The molecule has 1 N–H and O–H groups in total. The topological polar surface area (TPSA) is 55.7 Å². The van der Waals surface area contributed by atoms with Crippen LogP contribution in [0.1, 0.15) is 35.3 Å². The summed E-state index contributed by atoms with van der Waals surface area (Å²) in [6, 6.07) is 9.40. The number of fused-ring (bicyclic) bond motifs is 5. The van der Waals surface area contributed by atoms with Crippen molar-refractivity contribution in [3.05, 3.63) is 35.5 Å². The molecule has 1 aromatic heterocycles. The Labute approximate surface area is 171 Å². The number of carbonyl (C=O) groups is 1. The Morgan fingerprint density at radius 2 is 1.83 bits per heavy atom. The van der Waals surface area contributed by atoms with E-state index in [1.807, 2.05) is 6.07 Å². The summed E-state index contributed by atoms with van der Waals surface area (Å²) in [7, 11) is 0. The van der Waals surface area contributed by atoms with Gasteiger partial charge in [0.25, 0.3) is 5.91 Å². The zero-order chi connectivity index (χ0) is 19.4. The van der Waals surface area contributed by atoms with Crippen LogP contribution in [-0.2, 0) is 22.4 Å². The SMILES string of the molecule is O=C(NC1CC2COCC(C1)N2CC1COC1)c1c2n(c3ccccc13)CCC2. The largest absolute Gasteiger partial charge is 0.381 e. The molecule has 2 unspecified atom stereocenters. The summed E-state index contributed by atoms with van der Waals surface area (Å²) in [5.41, 5.74) is 3.33. The zero-order valence-corrected chi connectivity index (χ0v) is 16.8. The Kier molecular flexibility index (Phi) is 4.40. The monoisotopic (exact) mass is 395 g/mol. The molecule has 5 heterocycles. The van der Waals surface area contributed by atoms with E-state index < -0.39 is 0 Å². The first-order valence-corrected chi connectivity index (χ1v) is 11.1. The predicted molar refractivity (Wildman–Crippen MR) is 110 cm³/mol. The van der Waals surface area contributed by atoms with Gasteiger partial charge >= 0.3 is 0 Å². The number of ether oxygens (including phenoxy) is 2. The number of morpholine rings is 1. The highest BCUT2D eigenvalue weighted by molar-refractivity contribution is 6.08. The first kappa shape index (κ1) is 17.9. The van der Waals surface area contributed by atoms with E-state index in [1.54, 1.807) is 0 Å². The second-order valence-electron chi connectivity index (χ2n) is 9.18. The minimum Gasteiger partial charge on any atom is -0.381 e. The lowest BCUT2D eigenvalue weighted by atomic mass is 9.88. The minimum atomic E-state index is 0.113. The van der Waals surface area contributed by atoms with E-state index in [1.165, 1.54) is 11.2 Å². The molecule has 0 aliphatic carbocycles. The molecule has 6 rings (SSSR count). The Balaban J connectivity index is 1.21. The van der Waals surface area contributed by atoms with Gasteiger partial charge in [-0.1, -0.05) is 18.2 Å². The van der Waals surface area contributed by atoms with E-state index in [-0.39, 0.29) is 11.9 Å². The maximum atomic E-state index is 13.4. The predicted octanol–water partition coefficient (Wildman–Crippen LogP) is 2.20. The van der Waals surface area contributed by atoms with Crippen LogP contribution in [0.4, 0.5) is 0 Å². The van der Waals surface area contributed by atoms with E-state index in [0.29, 0.717) is 18.0 Å². The average molecular weight is 396 g/mol. The average Bonchev–Trinajstić information content (AvgIpc) is 3.25. The summed E-state index contributed by atoms with van der Waals surface area (Å²) in [6.45, 7) is 5.47. The molecule has 29 heavy (non-hydrogen) atoms. The van der Waals surface area contributed by atoms with Gasteiger partial charge in [0.1, 0.15) is 0 Å². The molecule has 4 aliphatic heterocycles. The molecule has 3 saturated heterocycles. The molecule has 0 spiro atoms. The molecule has 2 atom stereocenters. The number of carbonyl (C=O) groups excluding carboxylic acids is 1. The van der Waals surface area contributed by atoms with Gasteiger partial charge in [-0.3, -0.25) is 9.69 Å². The summed E-state index contributed by atoms with van der Waals surface area (Å²) in [5.74, 6) is 0.779. The third-order valence-electron chi connectivity index (χ3n) is 7.28. The van der Waals surface area contributed by atoms with Crippen LogP contribution in [0.3, 0.4) is 0 Å². The van der Waals surface area contributed by atoms with Crippen molar-refractivity contribution < 1.29 is 14.3 Å². The molecular weight excluding hydrogens is 366 g/mol. The smallest absolute Gasteiger partial charge is 0.253 e. The van der Waals surface area contributed by atoms with Crippen molar-refractivity contribution in [3.63, 3.8) is 0 Å². The van der Waals surface area contributed by atoms with E-state index >= 15 is 0 Å². The number of piperidine rings is 1. The van der Waals surface area contributed by atoms with Gasteiger partial charge < -0.3 is 19.4 Å². The van der Waals surface area contributed by atoms with Crippen LogP contribution >= 0.6 is 0 Å². The molecule has 3 fully saturated rings. The molecular formula is C23H29N3O3. The van der Waals surface area contributed by atoms with E-state index in [9.17, 15) is 4.79 Å². The Morgan fingerprint density at radius 1 is 1.07 bits per heavy atom. The van der Waals surface area contributed by atoms with E-state index in [0.717, 1.165) is 76.2 Å². The van der Waals surface area contributed by atoms with Gasteiger partial charge in [-0.05, 0) is 31.7 Å². The van der Waals surface area contributed by atoms with Crippen LogP contribution in [-0.4, -0.2) is 66.5 Å². The summed E-state index contributed by atoms with van der Waals surface area (Å²) >= 11 is 0. The molecule has 4 aliphatic rings. The molecule has 0 radical (unpaired) electrons. The van der Waals surface area contributed by atoms with Crippen LogP contribution < -0.4 is 5.32 Å². The number of amides is 1. The zero-order valence-electron chi connectivity index (χ0n) is 16.8. The van der Waals surface area contributed by atoms with Crippen LogP contribution in [0.5, 0.6) is 0 Å². The van der Waals surface area contributed by atoms with Gasteiger partial charge in [0.15, 0.2) is 0 Å². The maximum Gasteiger partial charge on any atom is 0.253 e. The first-order chi connectivity index (χ1) is 14.3. The van der Waals surface area contributed by atoms with Gasteiger partial charge in [0, 0.05) is 53.7 Å². The van der Waals surface area contributed by atoms with Crippen LogP contribution in [0, 0.1) is 5.92 Å². The fraction of sp³-hybridized carbons (Fsp3) is 0.609. The van der Waals surface area contributed by atoms with E-state index in [4.69, 9.17) is 9.47 Å². The maximum absolute atomic E-state index is 13.4. The number of hydrogen-bond acceptors (Lipinski definition) is 4. The summed E-state index contributed by atoms with van der Waals surface area (Å²) in [5, 5.41) is 4.52. The highest BCUT2D eigenvalue weighted by Crippen LogP contribution is 2.33. The standard InChI is InChI=1S/C23H29N3O3/c27-23(22-19-4-1-2-5-20(19)25-7-3-6-21(22)25)24-16-8-17-13-29-14-18(9-16)26(17)10-15-11-28-12-15/h1-2,4-5,15-18H,3,6-14H2,(H,24,27). The molecule has 1 aromatic carbocycles. The number of aryl methyl sites for hydroxylation is 1. The number of nitrogens with one attached hydrogen (secondary N) is 1. The summed E-state index contributed by atoms with van der Waals surface area (Å²) in [6.07, 6.45) is 4.08. The van der Waals surface area contributed by atoms with Gasteiger partial charge in [-0.15, -0.1) is 0 Å². The third-order valence-corrected chi connectivity index (χ3v) is 7.28. The molecule has 6 nitrogen and oxygen atoms in total. The van der Waals surface area contributed by atoms with Crippen molar-refractivity contribution in [1.29, 1.82) is 0 Å². The van der Waals surface area contributed by atoms with Crippen molar-refractivity contribution in [2.45, 2.75) is 50.4 Å². The lowest BCUT2D eigenvalue weighted by Crippen LogP contribution is -2.62. The summed E-state index contributed by atoms with van der Waals surface area (Å²) in [4.78, 5) is 16.0. The number of para-hydroxylation sites is 1. The van der Waals surface area contributed by atoms with Crippen molar-refractivity contribution in [2.24, 2.45) is 5.92 Å². The molecule has 0 saturated carbocycles. The fourth-order valence-corrected chi connectivity index (χ4v) is 5.88. The second kappa shape index (κ2) is 7.11. The quantitative estimate of drug-likeness (QED) is 0.862. The van der Waals surface area contributed by atoms with Crippen molar-refractivity contribution in [1.82, 2.24) is 14.8 Å². The highest BCUT2D eigenvalue weighted by Gasteiger charge is 2.41. The third kappa shape index (κ3) is 3.00. The van der Waals surface area contributed by atoms with Crippen LogP contribution in [0.15, 0.2) is 24.3 Å². The fourth-order valence-electron chi connectivity index (χ4n) is 5.88. The number of aromatic nitrogens is 1. The molecule has 6 heteroatoms. The molecule has 154 valence electrons. The highest BCUT2D eigenvalue weighted by atomic mass is 16.5. The van der Waals surface area contributed by atoms with Gasteiger partial charge in [-0.25, -0.2) is 0 Å². The second-order valence-corrected chi connectivity index (χ2v) is 9.18. The number of nitrogens with zero attached hydrogens (tertiary/aromatic N) is 2. The summed E-state index contributed by atoms with van der Waals surface area (Å²) < 4.78 is 13.6. The van der Waals surface area contributed by atoms with Gasteiger partial charge in [0.2, 0.25) is 0 Å². The van der Waals surface area contributed by atoms with Crippen molar-refractivity contribution in [2.75, 3.05) is 33.0 Å². The molecule has 2 bridgehead atoms. The van der Waals surface area contributed by atoms with Crippen LogP contribution in [0.25, 0.3) is 10.9 Å². The lowest BCUT2D eigenvalue weighted by molar-refractivity contribution is -0.114. The molecule has 1 amide bonds. The van der Waals surface area contributed by atoms with Gasteiger partial charge in [0.05, 0.1) is 32.0 Å². The number of rotatable bonds is 4. The van der Waals surface area contributed by atoms with Gasteiger partial charge in [-0.2, -0.15) is 0 Å². The Morgan fingerprint density at radius 3 is 2.59 bits per heavy atom.